The van der Waals surface area contributed by atoms with Gasteiger partial charge in [0.15, 0.2) is 0 Å². The Kier molecular flexibility index (Phi) is 4.14. The van der Waals surface area contributed by atoms with Gasteiger partial charge in [-0.1, -0.05) is 0 Å². The molecule has 1 aliphatic heterocycles. The molecule has 0 amide bonds. The van der Waals surface area contributed by atoms with Gasteiger partial charge >= 0.3 is 0 Å². The lowest BCUT2D eigenvalue weighted by molar-refractivity contribution is 0.122. The normalized spacial score (nSPS) is 16.0. The van der Waals surface area contributed by atoms with E-state index in [-0.39, 0.29) is 0 Å². The van der Waals surface area contributed by atoms with Crippen LogP contribution in [0.25, 0.3) is 0 Å². The van der Waals surface area contributed by atoms with Crippen molar-refractivity contribution in [3.63, 3.8) is 0 Å². The predicted molar refractivity (Wildman–Crippen MR) is 68.6 cm³/mol. The van der Waals surface area contributed by atoms with Gasteiger partial charge in [0.25, 0.3) is 0 Å². The first-order valence-electron chi connectivity index (χ1n) is 6.24. The molecule has 0 aromatic carbocycles. The summed E-state index contributed by atoms with van der Waals surface area (Å²) in [5.74, 6) is 2.01. The van der Waals surface area contributed by atoms with Crippen molar-refractivity contribution < 1.29 is 4.74 Å². The van der Waals surface area contributed by atoms with E-state index in [1.54, 1.807) is 6.33 Å². The number of anilines is 2. The minimum Gasteiger partial charge on any atom is -0.378 e. The highest BCUT2D eigenvalue weighted by atomic mass is 16.5. The van der Waals surface area contributed by atoms with Crippen LogP contribution >= 0.6 is 0 Å². The number of nitrogens with zero attached hydrogens (tertiary/aromatic N) is 4. The van der Waals surface area contributed by atoms with Gasteiger partial charge in [0.1, 0.15) is 18.0 Å². The van der Waals surface area contributed by atoms with Crippen molar-refractivity contribution in [3.8, 4) is 0 Å². The smallest absolute Gasteiger partial charge is 0.134 e. The van der Waals surface area contributed by atoms with Crippen LogP contribution in [0.15, 0.2) is 12.4 Å². The van der Waals surface area contributed by atoms with Crippen molar-refractivity contribution in [2.75, 3.05) is 49.2 Å². The zero-order valence-electron chi connectivity index (χ0n) is 10.6. The Bertz CT molecular complexity index is 348. The van der Waals surface area contributed by atoms with Crippen LogP contribution in [0.4, 0.5) is 11.6 Å². The Morgan fingerprint density at radius 3 is 2.59 bits per heavy atom. The minimum absolute atomic E-state index is 0.782. The molecular formula is C12H20N4O. The van der Waals surface area contributed by atoms with Crippen LogP contribution in [0, 0.1) is 0 Å². The summed E-state index contributed by atoms with van der Waals surface area (Å²) in [6.45, 7) is 9.60. The van der Waals surface area contributed by atoms with Gasteiger partial charge in [-0.2, -0.15) is 0 Å². The molecule has 1 aromatic rings. The maximum atomic E-state index is 5.35. The molecule has 1 aliphatic rings. The molecule has 0 radical (unpaired) electrons. The van der Waals surface area contributed by atoms with Gasteiger partial charge in [-0.3, -0.25) is 0 Å². The molecule has 0 spiro atoms. The Hall–Kier alpha value is -1.36. The summed E-state index contributed by atoms with van der Waals surface area (Å²) in [6.07, 6.45) is 1.65. The Morgan fingerprint density at radius 1 is 1.24 bits per heavy atom. The second kappa shape index (κ2) is 5.82. The molecule has 0 atom stereocenters. The van der Waals surface area contributed by atoms with E-state index in [1.807, 2.05) is 0 Å². The summed E-state index contributed by atoms with van der Waals surface area (Å²) in [7, 11) is 0. The number of morpholine rings is 1. The average molecular weight is 236 g/mol. The summed E-state index contributed by atoms with van der Waals surface area (Å²) in [5, 5.41) is 0. The first-order valence-corrected chi connectivity index (χ1v) is 6.24. The topological polar surface area (TPSA) is 41.5 Å². The Balaban J connectivity index is 2.15. The molecule has 0 unspecified atom stereocenters. The first kappa shape index (κ1) is 12.1. The third-order valence-electron chi connectivity index (χ3n) is 3.06. The van der Waals surface area contributed by atoms with Crippen molar-refractivity contribution >= 4 is 11.6 Å². The van der Waals surface area contributed by atoms with Crippen molar-refractivity contribution in [3.05, 3.63) is 12.4 Å². The van der Waals surface area contributed by atoms with E-state index < -0.39 is 0 Å². The largest absolute Gasteiger partial charge is 0.378 e. The molecule has 17 heavy (non-hydrogen) atoms. The van der Waals surface area contributed by atoms with E-state index in [2.05, 4.69) is 39.7 Å². The minimum atomic E-state index is 0.782. The van der Waals surface area contributed by atoms with E-state index in [4.69, 9.17) is 4.74 Å². The highest BCUT2D eigenvalue weighted by Gasteiger charge is 2.14. The summed E-state index contributed by atoms with van der Waals surface area (Å²) < 4.78 is 5.35. The van der Waals surface area contributed by atoms with Crippen LogP contribution in [-0.4, -0.2) is 49.4 Å². The Labute approximate surface area is 102 Å². The SMILES string of the molecule is CCN(CC)c1cc(N2CCOCC2)ncn1. The van der Waals surface area contributed by atoms with Gasteiger partial charge in [-0.15, -0.1) is 0 Å². The van der Waals surface area contributed by atoms with Crippen molar-refractivity contribution in [2.45, 2.75) is 13.8 Å². The van der Waals surface area contributed by atoms with Gasteiger partial charge in [-0.25, -0.2) is 9.97 Å². The molecule has 1 aromatic heterocycles. The number of hydrogen-bond donors (Lipinski definition) is 0. The molecule has 1 saturated heterocycles. The van der Waals surface area contributed by atoms with Crippen LogP contribution in [0.5, 0.6) is 0 Å². The fourth-order valence-electron chi connectivity index (χ4n) is 2.02. The lowest BCUT2D eigenvalue weighted by Crippen LogP contribution is -2.37. The number of hydrogen-bond acceptors (Lipinski definition) is 5. The Morgan fingerprint density at radius 2 is 1.94 bits per heavy atom. The molecule has 0 saturated carbocycles. The molecule has 2 heterocycles. The molecule has 94 valence electrons. The first-order chi connectivity index (χ1) is 8.35. The lowest BCUT2D eigenvalue weighted by atomic mass is 10.3. The van der Waals surface area contributed by atoms with Crippen LogP contribution in [0.2, 0.25) is 0 Å². The molecule has 2 rings (SSSR count). The van der Waals surface area contributed by atoms with E-state index >= 15 is 0 Å². The third kappa shape index (κ3) is 2.85. The molecule has 0 bridgehead atoms. The fraction of sp³-hybridized carbons (Fsp3) is 0.667. The van der Waals surface area contributed by atoms with Crippen molar-refractivity contribution in [1.29, 1.82) is 0 Å². The third-order valence-corrected chi connectivity index (χ3v) is 3.06. The van der Waals surface area contributed by atoms with Crippen LogP contribution < -0.4 is 9.80 Å². The van der Waals surface area contributed by atoms with Crippen LogP contribution in [0.3, 0.4) is 0 Å². The summed E-state index contributed by atoms with van der Waals surface area (Å²) in [4.78, 5) is 13.2. The maximum Gasteiger partial charge on any atom is 0.134 e. The lowest BCUT2D eigenvalue weighted by Gasteiger charge is -2.28. The van der Waals surface area contributed by atoms with E-state index in [9.17, 15) is 0 Å². The van der Waals surface area contributed by atoms with Gasteiger partial charge in [-0.05, 0) is 13.8 Å². The van der Waals surface area contributed by atoms with E-state index in [1.165, 1.54) is 0 Å². The van der Waals surface area contributed by atoms with Gasteiger partial charge < -0.3 is 14.5 Å². The standard InChI is InChI=1S/C12H20N4O/c1-3-15(4-2)11-9-12(14-10-13-11)16-5-7-17-8-6-16/h9-10H,3-8H2,1-2H3. The van der Waals surface area contributed by atoms with Crippen molar-refractivity contribution in [2.24, 2.45) is 0 Å². The second-order valence-electron chi connectivity index (χ2n) is 4.01. The van der Waals surface area contributed by atoms with Gasteiger partial charge in [0.2, 0.25) is 0 Å². The zero-order valence-corrected chi connectivity index (χ0v) is 10.6. The highest BCUT2D eigenvalue weighted by molar-refractivity contribution is 5.50. The molecule has 0 aliphatic carbocycles. The van der Waals surface area contributed by atoms with Crippen LogP contribution in [0.1, 0.15) is 13.8 Å². The zero-order chi connectivity index (χ0) is 12.1. The van der Waals surface area contributed by atoms with Crippen molar-refractivity contribution in [1.82, 2.24) is 9.97 Å². The van der Waals surface area contributed by atoms with E-state index in [0.29, 0.717) is 0 Å². The average Bonchev–Trinajstić information content (AvgIpc) is 2.42. The summed E-state index contributed by atoms with van der Waals surface area (Å²) in [5.41, 5.74) is 0. The van der Waals surface area contributed by atoms with Gasteiger partial charge in [0.05, 0.1) is 13.2 Å². The number of ether oxygens (including phenoxy) is 1. The highest BCUT2D eigenvalue weighted by Crippen LogP contribution is 2.18. The number of aromatic nitrogens is 2. The molecule has 0 N–H and O–H groups in total. The number of rotatable bonds is 4. The fourth-order valence-corrected chi connectivity index (χ4v) is 2.02. The summed E-state index contributed by atoms with van der Waals surface area (Å²) in [6, 6.07) is 2.07. The molecular weight excluding hydrogens is 216 g/mol. The second-order valence-corrected chi connectivity index (χ2v) is 4.01. The molecule has 1 fully saturated rings. The molecule has 5 heteroatoms. The summed E-state index contributed by atoms with van der Waals surface area (Å²) >= 11 is 0. The predicted octanol–water partition coefficient (Wildman–Crippen LogP) is 1.16. The quantitative estimate of drug-likeness (QED) is 0.784. The monoisotopic (exact) mass is 236 g/mol. The molecule has 5 nitrogen and oxygen atoms in total. The van der Waals surface area contributed by atoms with E-state index in [0.717, 1.165) is 51.0 Å². The maximum absolute atomic E-state index is 5.35. The van der Waals surface area contributed by atoms with Gasteiger partial charge in [0, 0.05) is 32.2 Å². The van der Waals surface area contributed by atoms with Crippen LogP contribution in [-0.2, 0) is 4.74 Å².